The summed E-state index contributed by atoms with van der Waals surface area (Å²) in [6.45, 7) is 10.4. The number of hydrogen-bond donors (Lipinski definition) is 0. The van der Waals surface area contributed by atoms with E-state index in [4.69, 9.17) is 55.9 Å². The first kappa shape index (κ1) is 23.3. The highest BCUT2D eigenvalue weighted by molar-refractivity contribution is 6.50. The monoisotopic (exact) mass is 472 g/mol. The van der Waals surface area contributed by atoms with Gasteiger partial charge >= 0.3 is 11.9 Å². The zero-order chi connectivity index (χ0) is 21.9. The summed E-state index contributed by atoms with van der Waals surface area (Å²) in [5.41, 5.74) is 0.497. The van der Waals surface area contributed by atoms with Crippen molar-refractivity contribution in [3.63, 3.8) is 0 Å². The van der Waals surface area contributed by atoms with E-state index in [1.165, 1.54) is 0 Å². The second-order valence-corrected chi connectivity index (χ2v) is 7.87. The average Bonchev–Trinajstić information content (AvgIpc) is 2.69. The minimum Gasteiger partial charge on any atom is -0.423 e. The molecule has 29 heavy (non-hydrogen) atoms. The molecule has 0 heterocycles. The minimum absolute atomic E-state index is 0.0455. The van der Waals surface area contributed by atoms with Crippen LogP contribution < -0.4 is 9.47 Å². The molecular weight excluding hydrogens is 458 g/mol. The number of esters is 2. The quantitative estimate of drug-likeness (QED) is 0.200. The number of ether oxygens (including phenoxy) is 2. The van der Waals surface area contributed by atoms with Crippen LogP contribution in [0, 0.1) is 0 Å². The fourth-order valence-electron chi connectivity index (χ4n) is 2.63. The van der Waals surface area contributed by atoms with Crippen LogP contribution in [0.3, 0.4) is 0 Å². The lowest BCUT2D eigenvalue weighted by molar-refractivity contribution is -0.129. The first-order valence-corrected chi connectivity index (χ1v) is 9.71. The molecule has 0 radical (unpaired) electrons. The molecule has 2 rings (SSSR count). The number of hydrogen-bond acceptors (Lipinski definition) is 4. The zero-order valence-corrected chi connectivity index (χ0v) is 18.5. The Morgan fingerprint density at radius 3 is 1.72 bits per heavy atom. The van der Waals surface area contributed by atoms with Crippen LogP contribution in [-0.4, -0.2) is 11.9 Å². The third kappa shape index (κ3) is 4.78. The van der Waals surface area contributed by atoms with Crippen molar-refractivity contribution in [2.24, 2.45) is 0 Å². The molecule has 0 fully saturated rings. The van der Waals surface area contributed by atoms with Crippen molar-refractivity contribution in [3.05, 3.63) is 80.8 Å². The second kappa shape index (κ2) is 9.23. The lowest BCUT2D eigenvalue weighted by atomic mass is 9.78. The molecule has 0 N–H and O–H groups in total. The Balaban J connectivity index is 2.54. The first-order chi connectivity index (χ1) is 13.5. The van der Waals surface area contributed by atoms with E-state index >= 15 is 0 Å². The standard InChI is InChI=1S/C21H16Cl4O4/c1-5-13(26)28-12-9-7-11(8-10-12)21(3,4)15-16(22)18(24)20(19(25)17(15)23)29-14(27)6-2/h5-10H,1-2H2,3-4H3. The number of rotatable bonds is 6. The topological polar surface area (TPSA) is 52.6 Å². The Kier molecular flexibility index (Phi) is 7.41. The molecule has 2 aromatic carbocycles. The molecule has 0 saturated heterocycles. The highest BCUT2D eigenvalue weighted by atomic mass is 35.5. The fourth-order valence-corrected chi connectivity index (χ4v) is 4.02. The highest BCUT2D eigenvalue weighted by Gasteiger charge is 2.33. The van der Waals surface area contributed by atoms with Crippen molar-refractivity contribution < 1.29 is 19.1 Å². The maximum Gasteiger partial charge on any atom is 0.335 e. The number of carbonyl (C=O) groups is 2. The van der Waals surface area contributed by atoms with Gasteiger partial charge in [0.1, 0.15) is 15.8 Å². The van der Waals surface area contributed by atoms with Crippen molar-refractivity contribution in [1.82, 2.24) is 0 Å². The van der Waals surface area contributed by atoms with E-state index in [1.54, 1.807) is 24.3 Å². The van der Waals surface area contributed by atoms with E-state index < -0.39 is 17.4 Å². The van der Waals surface area contributed by atoms with E-state index in [2.05, 4.69) is 13.2 Å². The minimum atomic E-state index is -0.752. The molecule has 0 aliphatic rings. The lowest BCUT2D eigenvalue weighted by Crippen LogP contribution is -2.21. The van der Waals surface area contributed by atoms with Gasteiger partial charge in [-0.05, 0) is 17.7 Å². The van der Waals surface area contributed by atoms with Crippen LogP contribution in [0.2, 0.25) is 20.1 Å². The van der Waals surface area contributed by atoms with Gasteiger partial charge in [0.05, 0.1) is 10.0 Å². The summed E-state index contributed by atoms with van der Waals surface area (Å²) in [5, 5.41) is 0.104. The number of carbonyl (C=O) groups excluding carboxylic acids is 2. The summed E-state index contributed by atoms with van der Waals surface area (Å²) in [7, 11) is 0. The Hall–Kier alpha value is -1.98. The van der Waals surface area contributed by atoms with Crippen molar-refractivity contribution >= 4 is 58.3 Å². The average molecular weight is 474 g/mol. The van der Waals surface area contributed by atoms with Gasteiger partial charge in [0, 0.05) is 23.1 Å². The Labute approximate surface area is 188 Å². The van der Waals surface area contributed by atoms with Crippen LogP contribution in [0.25, 0.3) is 0 Å². The van der Waals surface area contributed by atoms with Gasteiger partial charge in [-0.25, -0.2) is 9.59 Å². The van der Waals surface area contributed by atoms with Crippen molar-refractivity contribution in [3.8, 4) is 11.5 Å². The predicted molar refractivity (Wildman–Crippen MR) is 117 cm³/mol. The van der Waals surface area contributed by atoms with Gasteiger partial charge in [0.25, 0.3) is 0 Å². The van der Waals surface area contributed by atoms with E-state index in [-0.39, 0.29) is 25.8 Å². The van der Waals surface area contributed by atoms with E-state index in [0.29, 0.717) is 11.3 Å². The van der Waals surface area contributed by atoms with Gasteiger partial charge in [-0.15, -0.1) is 0 Å². The Morgan fingerprint density at radius 2 is 1.28 bits per heavy atom. The van der Waals surface area contributed by atoms with Crippen molar-refractivity contribution in [2.75, 3.05) is 0 Å². The zero-order valence-electron chi connectivity index (χ0n) is 15.5. The third-order valence-electron chi connectivity index (χ3n) is 4.18. The summed E-state index contributed by atoms with van der Waals surface area (Å²) >= 11 is 25.6. The van der Waals surface area contributed by atoms with Crippen LogP contribution in [0.4, 0.5) is 0 Å². The molecule has 2 aromatic rings. The van der Waals surface area contributed by atoms with E-state index in [0.717, 1.165) is 17.7 Å². The maximum atomic E-state index is 11.6. The largest absolute Gasteiger partial charge is 0.423 e. The number of halogens is 4. The molecular formula is C21H16Cl4O4. The molecule has 0 amide bonds. The van der Waals surface area contributed by atoms with Crippen molar-refractivity contribution in [2.45, 2.75) is 19.3 Å². The Morgan fingerprint density at radius 1 is 0.828 bits per heavy atom. The fraction of sp³-hybridized carbons (Fsp3) is 0.143. The van der Waals surface area contributed by atoms with Crippen LogP contribution >= 0.6 is 46.4 Å². The molecule has 0 aliphatic carbocycles. The van der Waals surface area contributed by atoms with Gasteiger partial charge in [0.15, 0.2) is 5.75 Å². The number of benzene rings is 2. The van der Waals surface area contributed by atoms with Crippen LogP contribution in [0.5, 0.6) is 11.5 Å². The molecule has 152 valence electrons. The molecule has 8 heteroatoms. The molecule has 0 bridgehead atoms. The summed E-state index contributed by atoms with van der Waals surface area (Å²) in [4.78, 5) is 22.9. The SMILES string of the molecule is C=CC(=O)Oc1ccc(C(C)(C)c2c(Cl)c(Cl)c(OC(=O)C=C)c(Cl)c2Cl)cc1. The van der Waals surface area contributed by atoms with Gasteiger partial charge < -0.3 is 9.47 Å². The van der Waals surface area contributed by atoms with Crippen LogP contribution in [0.1, 0.15) is 25.0 Å². The van der Waals surface area contributed by atoms with Gasteiger partial charge in [-0.3, -0.25) is 0 Å². The van der Waals surface area contributed by atoms with Crippen LogP contribution in [0.15, 0.2) is 49.6 Å². The predicted octanol–water partition coefficient (Wildman–Crippen LogP) is 6.81. The summed E-state index contributed by atoms with van der Waals surface area (Å²) < 4.78 is 10.2. The van der Waals surface area contributed by atoms with E-state index in [1.807, 2.05) is 13.8 Å². The van der Waals surface area contributed by atoms with E-state index in [9.17, 15) is 9.59 Å². The molecule has 4 nitrogen and oxygen atoms in total. The van der Waals surface area contributed by atoms with Gasteiger partial charge in [-0.2, -0.15) is 0 Å². The maximum absolute atomic E-state index is 11.6. The normalized spacial score (nSPS) is 11.0. The Bertz CT molecular complexity index is 966. The van der Waals surface area contributed by atoms with Gasteiger partial charge in [0.2, 0.25) is 0 Å². The molecule has 0 unspecified atom stereocenters. The second-order valence-electron chi connectivity index (χ2n) is 6.36. The lowest BCUT2D eigenvalue weighted by Gasteiger charge is -2.29. The smallest absolute Gasteiger partial charge is 0.335 e. The molecule has 0 spiro atoms. The highest BCUT2D eigenvalue weighted by Crippen LogP contribution is 2.51. The molecule has 0 saturated carbocycles. The summed E-state index contributed by atoms with van der Waals surface area (Å²) in [5.74, 6) is -1.10. The molecule has 0 atom stereocenters. The van der Waals surface area contributed by atoms with Crippen molar-refractivity contribution in [1.29, 1.82) is 0 Å². The molecule has 0 aliphatic heterocycles. The molecule has 0 aromatic heterocycles. The third-order valence-corrected chi connectivity index (χ3v) is 5.85. The summed E-state index contributed by atoms with van der Waals surface area (Å²) in [6, 6.07) is 6.77. The first-order valence-electron chi connectivity index (χ1n) is 8.20. The van der Waals surface area contributed by atoms with Gasteiger partial charge in [-0.1, -0.05) is 85.5 Å². The summed E-state index contributed by atoms with van der Waals surface area (Å²) in [6.07, 6.45) is 2.04. The van der Waals surface area contributed by atoms with Crippen LogP contribution in [-0.2, 0) is 15.0 Å².